The highest BCUT2D eigenvalue weighted by atomic mass is 16.2. The van der Waals surface area contributed by atoms with Gasteiger partial charge in [0, 0.05) is 44.5 Å². The van der Waals surface area contributed by atoms with Gasteiger partial charge in [-0.25, -0.2) is 4.98 Å². The van der Waals surface area contributed by atoms with Gasteiger partial charge in [-0.3, -0.25) is 4.79 Å². The SMILES string of the molecule is CCN1CCC[C@@](C)(C(=O)N2CCN(c3cc(C)nc(N)n3)CC2)C1. The second-order valence-corrected chi connectivity index (χ2v) is 7.54. The first-order chi connectivity index (χ1) is 11.9. The van der Waals surface area contributed by atoms with Gasteiger partial charge in [-0.05, 0) is 39.8 Å². The zero-order valence-corrected chi connectivity index (χ0v) is 15.7. The predicted molar refractivity (Wildman–Crippen MR) is 99.4 cm³/mol. The first-order valence-corrected chi connectivity index (χ1v) is 9.29. The second kappa shape index (κ2) is 7.15. The number of carbonyl (C=O) groups excluding carboxylic acids is 1. The number of piperazine rings is 1. The molecule has 0 saturated carbocycles. The number of rotatable bonds is 3. The van der Waals surface area contributed by atoms with Gasteiger partial charge in [0.2, 0.25) is 11.9 Å². The first-order valence-electron chi connectivity index (χ1n) is 9.29. The van der Waals surface area contributed by atoms with Gasteiger partial charge in [0.15, 0.2) is 0 Å². The highest BCUT2D eigenvalue weighted by molar-refractivity contribution is 5.83. The fourth-order valence-electron chi connectivity index (χ4n) is 4.05. The molecule has 1 atom stereocenters. The highest BCUT2D eigenvalue weighted by Gasteiger charge is 2.40. The molecule has 2 aliphatic rings. The molecule has 1 aromatic rings. The smallest absolute Gasteiger partial charge is 0.229 e. The van der Waals surface area contributed by atoms with E-state index in [0.29, 0.717) is 11.9 Å². The Hall–Kier alpha value is -1.89. The van der Waals surface area contributed by atoms with Crippen LogP contribution >= 0.6 is 0 Å². The van der Waals surface area contributed by atoms with E-state index >= 15 is 0 Å². The lowest BCUT2D eigenvalue weighted by atomic mass is 9.80. The molecule has 138 valence electrons. The maximum absolute atomic E-state index is 13.1. The zero-order chi connectivity index (χ0) is 18.0. The van der Waals surface area contributed by atoms with E-state index in [4.69, 9.17) is 5.73 Å². The van der Waals surface area contributed by atoms with Crippen LogP contribution < -0.4 is 10.6 Å². The molecule has 1 amide bonds. The van der Waals surface area contributed by atoms with Gasteiger partial charge in [0.25, 0.3) is 0 Å². The number of aromatic nitrogens is 2. The summed E-state index contributed by atoms with van der Waals surface area (Å²) in [6.07, 6.45) is 2.10. The maximum Gasteiger partial charge on any atom is 0.229 e. The molecule has 0 aromatic carbocycles. The van der Waals surface area contributed by atoms with Gasteiger partial charge in [-0.2, -0.15) is 4.98 Å². The van der Waals surface area contributed by atoms with Crippen LogP contribution in [0.3, 0.4) is 0 Å². The molecule has 0 aliphatic carbocycles. The third kappa shape index (κ3) is 3.86. The number of nitrogens with zero attached hydrogens (tertiary/aromatic N) is 5. The van der Waals surface area contributed by atoms with Gasteiger partial charge in [-0.1, -0.05) is 6.92 Å². The molecule has 7 nitrogen and oxygen atoms in total. The molecule has 0 spiro atoms. The van der Waals surface area contributed by atoms with Gasteiger partial charge in [-0.15, -0.1) is 0 Å². The summed E-state index contributed by atoms with van der Waals surface area (Å²) in [5.41, 5.74) is 6.39. The lowest BCUT2D eigenvalue weighted by Crippen LogP contribution is -2.56. The third-order valence-electron chi connectivity index (χ3n) is 5.49. The number of aryl methyl sites for hydroxylation is 1. The summed E-state index contributed by atoms with van der Waals surface area (Å²) in [5, 5.41) is 0. The minimum absolute atomic E-state index is 0.244. The van der Waals surface area contributed by atoms with Crippen LogP contribution in [0.2, 0.25) is 0 Å². The summed E-state index contributed by atoms with van der Waals surface area (Å²) < 4.78 is 0. The van der Waals surface area contributed by atoms with E-state index in [1.165, 1.54) is 0 Å². The molecular weight excluding hydrogens is 316 g/mol. The number of nitrogen functional groups attached to an aromatic ring is 1. The molecule has 0 unspecified atom stereocenters. The molecule has 2 aliphatic heterocycles. The molecule has 2 fully saturated rings. The van der Waals surface area contributed by atoms with Gasteiger partial charge in [0.05, 0.1) is 5.41 Å². The summed E-state index contributed by atoms with van der Waals surface area (Å²) in [6.45, 7) is 12.3. The third-order valence-corrected chi connectivity index (χ3v) is 5.49. The Morgan fingerprint density at radius 1 is 1.24 bits per heavy atom. The van der Waals surface area contributed by atoms with Crippen LogP contribution in [0.4, 0.5) is 11.8 Å². The summed E-state index contributed by atoms with van der Waals surface area (Å²) >= 11 is 0. The summed E-state index contributed by atoms with van der Waals surface area (Å²) in [6, 6.07) is 1.95. The minimum atomic E-state index is -0.244. The Balaban J connectivity index is 1.62. The Kier molecular flexibility index (Phi) is 5.13. The van der Waals surface area contributed by atoms with Crippen molar-refractivity contribution in [2.75, 3.05) is 56.4 Å². The molecule has 25 heavy (non-hydrogen) atoms. The van der Waals surface area contributed by atoms with Crippen molar-refractivity contribution in [1.82, 2.24) is 19.8 Å². The molecule has 3 rings (SSSR count). The number of likely N-dealkylation sites (tertiary alicyclic amines) is 1. The van der Waals surface area contributed by atoms with Crippen LogP contribution in [0.25, 0.3) is 0 Å². The standard InChI is InChI=1S/C18H30N6O/c1-4-22-7-5-6-18(3,13-22)16(25)24-10-8-23(9-11-24)15-12-14(2)20-17(19)21-15/h12H,4-11,13H2,1-3H3,(H2,19,20,21)/t18-/m1/s1. The van der Waals surface area contributed by atoms with Gasteiger partial charge in [0.1, 0.15) is 5.82 Å². The largest absolute Gasteiger partial charge is 0.368 e. The van der Waals surface area contributed by atoms with Crippen molar-refractivity contribution >= 4 is 17.7 Å². The van der Waals surface area contributed by atoms with Crippen molar-refractivity contribution in [1.29, 1.82) is 0 Å². The van der Waals surface area contributed by atoms with E-state index in [1.54, 1.807) is 0 Å². The van der Waals surface area contributed by atoms with Crippen LogP contribution in [0.5, 0.6) is 0 Å². The molecule has 7 heteroatoms. The molecule has 3 heterocycles. The Bertz CT molecular complexity index is 608. The van der Waals surface area contributed by atoms with E-state index < -0.39 is 0 Å². The van der Waals surface area contributed by atoms with Crippen molar-refractivity contribution in [2.24, 2.45) is 5.41 Å². The van der Waals surface area contributed by atoms with Crippen molar-refractivity contribution in [3.63, 3.8) is 0 Å². The van der Waals surface area contributed by atoms with E-state index in [2.05, 4.69) is 33.6 Å². The summed E-state index contributed by atoms with van der Waals surface area (Å²) in [5.74, 6) is 1.48. The topological polar surface area (TPSA) is 78.6 Å². The van der Waals surface area contributed by atoms with Crippen LogP contribution in [0.15, 0.2) is 6.07 Å². The van der Waals surface area contributed by atoms with Crippen LogP contribution in [-0.2, 0) is 4.79 Å². The minimum Gasteiger partial charge on any atom is -0.368 e. The van der Waals surface area contributed by atoms with E-state index in [9.17, 15) is 4.79 Å². The average Bonchev–Trinajstić information content (AvgIpc) is 2.60. The normalized spacial score (nSPS) is 25.2. The quantitative estimate of drug-likeness (QED) is 0.884. The lowest BCUT2D eigenvalue weighted by molar-refractivity contribution is -0.144. The first kappa shape index (κ1) is 17.9. The summed E-state index contributed by atoms with van der Waals surface area (Å²) in [7, 11) is 0. The predicted octanol–water partition coefficient (Wildman–Crippen LogP) is 1.14. The van der Waals surface area contributed by atoms with Crippen LogP contribution in [0, 0.1) is 12.3 Å². The lowest BCUT2D eigenvalue weighted by Gasteiger charge is -2.44. The number of amides is 1. The van der Waals surface area contributed by atoms with Crippen molar-refractivity contribution < 1.29 is 4.79 Å². The number of hydrogen-bond acceptors (Lipinski definition) is 6. The summed E-state index contributed by atoms with van der Waals surface area (Å²) in [4.78, 5) is 28.2. The van der Waals surface area contributed by atoms with E-state index in [-0.39, 0.29) is 5.41 Å². The monoisotopic (exact) mass is 346 g/mol. The van der Waals surface area contributed by atoms with Crippen molar-refractivity contribution in [3.05, 3.63) is 11.8 Å². The zero-order valence-electron chi connectivity index (χ0n) is 15.7. The number of nitrogens with two attached hydrogens (primary N) is 1. The van der Waals surface area contributed by atoms with Crippen molar-refractivity contribution in [3.8, 4) is 0 Å². The number of hydrogen-bond donors (Lipinski definition) is 1. The van der Waals surface area contributed by atoms with Gasteiger partial charge < -0.3 is 20.4 Å². The maximum atomic E-state index is 13.1. The fourth-order valence-corrected chi connectivity index (χ4v) is 4.05. The number of carbonyl (C=O) groups is 1. The second-order valence-electron chi connectivity index (χ2n) is 7.54. The molecule has 1 aromatic heterocycles. The number of piperidine rings is 1. The van der Waals surface area contributed by atoms with E-state index in [1.807, 2.05) is 17.9 Å². The fraction of sp³-hybridized carbons (Fsp3) is 0.722. The highest BCUT2D eigenvalue weighted by Crippen LogP contribution is 2.32. The molecule has 0 bridgehead atoms. The van der Waals surface area contributed by atoms with Gasteiger partial charge >= 0.3 is 0 Å². The van der Waals surface area contributed by atoms with Crippen LogP contribution in [-0.4, -0.2) is 71.5 Å². The molecule has 0 radical (unpaired) electrons. The molecular formula is C18H30N6O. The van der Waals surface area contributed by atoms with Crippen LogP contribution in [0.1, 0.15) is 32.4 Å². The molecule has 2 N–H and O–H groups in total. The van der Waals surface area contributed by atoms with E-state index in [0.717, 1.165) is 70.2 Å². The van der Waals surface area contributed by atoms with Crippen molar-refractivity contribution in [2.45, 2.75) is 33.6 Å². The Morgan fingerprint density at radius 3 is 2.60 bits per heavy atom. The molecule has 2 saturated heterocycles. The Morgan fingerprint density at radius 2 is 1.96 bits per heavy atom. The number of anilines is 2. The average molecular weight is 346 g/mol. The Labute approximate surface area is 150 Å².